The highest BCUT2D eigenvalue weighted by Gasteiger charge is 2.24. The van der Waals surface area contributed by atoms with Gasteiger partial charge in [0.05, 0.1) is 10.6 Å². The van der Waals surface area contributed by atoms with Gasteiger partial charge in [0.15, 0.2) is 0 Å². The van der Waals surface area contributed by atoms with Gasteiger partial charge in [-0.2, -0.15) is 0 Å². The average molecular weight is 315 g/mol. The van der Waals surface area contributed by atoms with Gasteiger partial charge in [0.1, 0.15) is 5.15 Å². The molecule has 0 spiro atoms. The van der Waals surface area contributed by atoms with Crippen molar-refractivity contribution in [3.63, 3.8) is 0 Å². The molecule has 20 heavy (non-hydrogen) atoms. The van der Waals surface area contributed by atoms with Crippen LogP contribution < -0.4 is 0 Å². The van der Waals surface area contributed by atoms with E-state index < -0.39 is 0 Å². The van der Waals surface area contributed by atoms with Gasteiger partial charge < -0.3 is 4.90 Å². The van der Waals surface area contributed by atoms with Crippen molar-refractivity contribution < 1.29 is 4.79 Å². The molecular formula is C15H20Cl2N2O. The molecule has 0 saturated carbocycles. The number of carbonyl (C=O) groups excluding carboxylic acids is 1. The second-order valence-electron chi connectivity index (χ2n) is 5.71. The predicted octanol–water partition coefficient (Wildman–Crippen LogP) is 4.29. The summed E-state index contributed by atoms with van der Waals surface area (Å²) in [6, 6.07) is 1.55. The largest absolute Gasteiger partial charge is 0.339 e. The second kappa shape index (κ2) is 6.77. The maximum atomic E-state index is 12.6. The maximum Gasteiger partial charge on any atom is 0.255 e. The lowest BCUT2D eigenvalue weighted by Crippen LogP contribution is -2.32. The molecule has 1 aliphatic rings. The summed E-state index contributed by atoms with van der Waals surface area (Å²) in [5, 5.41) is 0.664. The molecule has 1 aromatic heterocycles. The Morgan fingerprint density at radius 3 is 2.80 bits per heavy atom. The molecule has 0 aromatic carbocycles. The number of hydrogen-bond donors (Lipinski definition) is 0. The normalized spacial score (nSPS) is 20.1. The van der Waals surface area contributed by atoms with E-state index in [1.54, 1.807) is 6.07 Å². The molecule has 1 saturated heterocycles. The van der Waals surface area contributed by atoms with Gasteiger partial charge in [-0.05, 0) is 37.2 Å². The molecule has 1 aliphatic heterocycles. The fourth-order valence-corrected chi connectivity index (χ4v) is 3.08. The lowest BCUT2D eigenvalue weighted by atomic mass is 9.89. The monoisotopic (exact) mass is 314 g/mol. The van der Waals surface area contributed by atoms with Gasteiger partial charge in [0.25, 0.3) is 5.91 Å². The van der Waals surface area contributed by atoms with Gasteiger partial charge in [0.2, 0.25) is 0 Å². The maximum absolute atomic E-state index is 12.6. The Kier molecular flexibility index (Phi) is 5.28. The Balaban J connectivity index is 2.11. The minimum absolute atomic E-state index is 0.0382. The Bertz CT molecular complexity index is 491. The third kappa shape index (κ3) is 3.64. The van der Waals surface area contributed by atoms with Crippen LogP contribution in [0.1, 0.15) is 43.5 Å². The highest BCUT2D eigenvalue weighted by Crippen LogP contribution is 2.26. The van der Waals surface area contributed by atoms with E-state index in [0.29, 0.717) is 27.6 Å². The Hall–Kier alpha value is -0.800. The third-order valence-electron chi connectivity index (χ3n) is 4.06. The summed E-state index contributed by atoms with van der Waals surface area (Å²) in [4.78, 5) is 18.3. The first kappa shape index (κ1) is 15.6. The van der Waals surface area contributed by atoms with Gasteiger partial charge in [-0.15, -0.1) is 0 Å². The minimum atomic E-state index is -0.0382. The van der Waals surface area contributed by atoms with E-state index in [4.69, 9.17) is 23.2 Å². The summed E-state index contributed by atoms with van der Waals surface area (Å²) in [5.41, 5.74) is 0.453. The van der Waals surface area contributed by atoms with Crippen LogP contribution >= 0.6 is 23.2 Å². The summed E-state index contributed by atoms with van der Waals surface area (Å²) in [5.74, 6) is 1.33. The van der Waals surface area contributed by atoms with Crippen LogP contribution in [0.3, 0.4) is 0 Å². The zero-order valence-corrected chi connectivity index (χ0v) is 13.4. The summed E-state index contributed by atoms with van der Waals surface area (Å²) in [6.45, 7) is 6.08. The Labute approximate surface area is 130 Å². The van der Waals surface area contributed by atoms with Crippen molar-refractivity contribution in [3.05, 3.63) is 28.0 Å². The van der Waals surface area contributed by atoms with E-state index in [-0.39, 0.29) is 5.91 Å². The molecule has 1 aromatic rings. The standard InChI is InChI=1S/C15H20Cl2N2O/c1-10(2)11-4-3-6-19(7-5-11)15(20)12-8-14(17)18-9-13(12)16/h8-11H,3-7H2,1-2H3. The van der Waals surface area contributed by atoms with E-state index in [9.17, 15) is 4.79 Å². The van der Waals surface area contributed by atoms with Crippen molar-refractivity contribution >= 4 is 29.1 Å². The van der Waals surface area contributed by atoms with E-state index in [1.807, 2.05) is 4.90 Å². The predicted molar refractivity (Wildman–Crippen MR) is 82.3 cm³/mol. The molecule has 110 valence electrons. The SMILES string of the molecule is CC(C)C1CCCN(C(=O)c2cc(Cl)ncc2Cl)CC1. The van der Waals surface area contributed by atoms with Crippen molar-refractivity contribution in [2.45, 2.75) is 33.1 Å². The molecule has 0 bridgehead atoms. The molecule has 3 nitrogen and oxygen atoms in total. The smallest absolute Gasteiger partial charge is 0.255 e. The van der Waals surface area contributed by atoms with Gasteiger partial charge in [-0.1, -0.05) is 37.0 Å². The summed E-state index contributed by atoms with van der Waals surface area (Å²) in [7, 11) is 0. The highest BCUT2D eigenvalue weighted by atomic mass is 35.5. The lowest BCUT2D eigenvalue weighted by molar-refractivity contribution is 0.0759. The molecule has 5 heteroatoms. The van der Waals surface area contributed by atoms with Crippen LogP contribution in [-0.4, -0.2) is 28.9 Å². The van der Waals surface area contributed by atoms with Crippen LogP contribution in [0.2, 0.25) is 10.2 Å². The zero-order valence-electron chi connectivity index (χ0n) is 11.9. The lowest BCUT2D eigenvalue weighted by Gasteiger charge is -2.22. The van der Waals surface area contributed by atoms with Gasteiger partial charge in [0, 0.05) is 19.3 Å². The average Bonchev–Trinajstić information content (AvgIpc) is 2.66. The van der Waals surface area contributed by atoms with Crippen LogP contribution in [0, 0.1) is 11.8 Å². The molecule has 2 heterocycles. The summed E-state index contributed by atoms with van der Waals surface area (Å²) < 4.78 is 0. The number of aromatic nitrogens is 1. The number of halogens is 2. The van der Waals surface area contributed by atoms with E-state index >= 15 is 0 Å². The number of rotatable bonds is 2. The van der Waals surface area contributed by atoms with Crippen molar-refractivity contribution in [1.29, 1.82) is 0 Å². The number of nitrogens with zero attached hydrogens (tertiary/aromatic N) is 2. The number of hydrogen-bond acceptors (Lipinski definition) is 2. The van der Waals surface area contributed by atoms with Gasteiger partial charge >= 0.3 is 0 Å². The molecular weight excluding hydrogens is 295 g/mol. The molecule has 1 amide bonds. The quantitative estimate of drug-likeness (QED) is 0.763. The van der Waals surface area contributed by atoms with Gasteiger partial charge in [-0.25, -0.2) is 4.98 Å². The fraction of sp³-hybridized carbons (Fsp3) is 0.600. The van der Waals surface area contributed by atoms with E-state index in [2.05, 4.69) is 18.8 Å². The highest BCUT2D eigenvalue weighted by molar-refractivity contribution is 6.35. The molecule has 0 radical (unpaired) electrons. The van der Waals surface area contributed by atoms with Gasteiger partial charge in [-0.3, -0.25) is 4.79 Å². The van der Waals surface area contributed by atoms with Crippen LogP contribution in [0.5, 0.6) is 0 Å². The molecule has 0 aliphatic carbocycles. The first-order chi connectivity index (χ1) is 9.49. The van der Waals surface area contributed by atoms with Crippen LogP contribution in [0.4, 0.5) is 0 Å². The Morgan fingerprint density at radius 2 is 2.10 bits per heavy atom. The van der Waals surface area contributed by atoms with Crippen molar-refractivity contribution in [1.82, 2.24) is 9.88 Å². The van der Waals surface area contributed by atoms with Crippen LogP contribution in [0.25, 0.3) is 0 Å². The summed E-state index contributed by atoms with van der Waals surface area (Å²) >= 11 is 11.9. The molecule has 1 unspecified atom stereocenters. The fourth-order valence-electron chi connectivity index (χ4n) is 2.74. The van der Waals surface area contributed by atoms with Crippen LogP contribution in [0.15, 0.2) is 12.3 Å². The minimum Gasteiger partial charge on any atom is -0.339 e. The van der Waals surface area contributed by atoms with Crippen molar-refractivity contribution in [3.8, 4) is 0 Å². The molecule has 1 atom stereocenters. The molecule has 2 rings (SSSR count). The first-order valence-electron chi connectivity index (χ1n) is 7.09. The Morgan fingerprint density at radius 1 is 1.35 bits per heavy atom. The van der Waals surface area contributed by atoms with E-state index in [1.165, 1.54) is 12.6 Å². The summed E-state index contributed by atoms with van der Waals surface area (Å²) in [6.07, 6.45) is 4.73. The number of amides is 1. The molecule has 1 fully saturated rings. The number of pyridine rings is 1. The second-order valence-corrected chi connectivity index (χ2v) is 6.51. The van der Waals surface area contributed by atoms with Crippen molar-refractivity contribution in [2.75, 3.05) is 13.1 Å². The van der Waals surface area contributed by atoms with E-state index in [0.717, 1.165) is 25.9 Å². The first-order valence-corrected chi connectivity index (χ1v) is 7.85. The third-order valence-corrected chi connectivity index (χ3v) is 4.56. The zero-order chi connectivity index (χ0) is 14.7. The van der Waals surface area contributed by atoms with Crippen LogP contribution in [-0.2, 0) is 0 Å². The topological polar surface area (TPSA) is 33.2 Å². The number of carbonyl (C=O) groups is 1. The van der Waals surface area contributed by atoms with Crippen molar-refractivity contribution in [2.24, 2.45) is 11.8 Å². The number of likely N-dealkylation sites (tertiary alicyclic amines) is 1. The molecule has 0 N–H and O–H groups in total.